The molecule has 3 heterocycles. The van der Waals surface area contributed by atoms with E-state index in [0.29, 0.717) is 11.4 Å². The van der Waals surface area contributed by atoms with Crippen molar-refractivity contribution in [1.82, 2.24) is 9.97 Å². The zero-order valence-corrected chi connectivity index (χ0v) is 29.6. The summed E-state index contributed by atoms with van der Waals surface area (Å²) in [4.78, 5) is 16.6. The van der Waals surface area contributed by atoms with Gasteiger partial charge in [-0.05, 0) is 83.1 Å². The van der Waals surface area contributed by atoms with E-state index < -0.39 is 0 Å². The van der Waals surface area contributed by atoms with E-state index in [0.717, 1.165) is 67.8 Å². The number of para-hydroxylation sites is 4. The van der Waals surface area contributed by atoms with Crippen LogP contribution in [0.5, 0.6) is 5.75 Å². The number of anilines is 8. The van der Waals surface area contributed by atoms with E-state index in [1.807, 2.05) is 60.8 Å². The summed E-state index contributed by atoms with van der Waals surface area (Å²) in [6, 6.07) is 48.9. The predicted octanol–water partition coefficient (Wildman–Crippen LogP) is 10.9. The third-order valence-corrected chi connectivity index (χ3v) is 8.99. The molecular weight excluding hydrogens is 786 g/mol. The molecule has 244 valence electrons. The summed E-state index contributed by atoms with van der Waals surface area (Å²) in [7, 11) is 2.08. The molecule has 0 unspecified atom stereocenters. The SMILES string of the molecule is CC(C)c1ccc(O)c2nc(-c3[c-]c4c(cc3)N(C)c3ccccc3N4c3ccc(N(c4ccccc4)c4ccccc4)cn3)ccc12.[Pt]. The zero-order chi connectivity index (χ0) is 32.8. The minimum absolute atomic E-state index is 0. The second-order valence-electron chi connectivity index (χ2n) is 12.3. The van der Waals surface area contributed by atoms with E-state index >= 15 is 0 Å². The summed E-state index contributed by atoms with van der Waals surface area (Å²) in [6.07, 6.45) is 1.93. The Kier molecular flexibility index (Phi) is 8.66. The minimum atomic E-state index is 0. The van der Waals surface area contributed by atoms with Gasteiger partial charge in [-0.3, -0.25) is 4.98 Å². The molecule has 8 rings (SSSR count). The van der Waals surface area contributed by atoms with Crippen molar-refractivity contribution < 1.29 is 26.2 Å². The smallest absolute Gasteiger partial charge is 0.140 e. The van der Waals surface area contributed by atoms with E-state index in [-0.39, 0.29) is 26.8 Å². The van der Waals surface area contributed by atoms with Gasteiger partial charge in [-0.15, -0.1) is 23.8 Å². The molecule has 5 aromatic carbocycles. The van der Waals surface area contributed by atoms with Gasteiger partial charge in [0.2, 0.25) is 0 Å². The number of hydrogen-bond acceptors (Lipinski definition) is 6. The Bertz CT molecular complexity index is 2220. The first-order valence-electron chi connectivity index (χ1n) is 16.2. The fourth-order valence-electron chi connectivity index (χ4n) is 6.61. The van der Waals surface area contributed by atoms with Crippen LogP contribution in [0, 0.1) is 6.07 Å². The van der Waals surface area contributed by atoms with Crippen LogP contribution in [0.1, 0.15) is 25.3 Å². The van der Waals surface area contributed by atoms with Crippen molar-refractivity contribution in [1.29, 1.82) is 0 Å². The van der Waals surface area contributed by atoms with Crippen LogP contribution in [-0.4, -0.2) is 22.1 Å². The number of rotatable bonds is 6. The number of phenolic OH excluding ortho intramolecular Hbond substituents is 1. The average Bonchev–Trinajstić information content (AvgIpc) is 3.13. The maximum absolute atomic E-state index is 10.8. The topological polar surface area (TPSA) is 55.7 Å². The van der Waals surface area contributed by atoms with Crippen LogP contribution in [0.25, 0.3) is 22.2 Å². The molecule has 0 spiro atoms. The monoisotopic (exact) mass is 819 g/mol. The van der Waals surface area contributed by atoms with Gasteiger partial charge >= 0.3 is 0 Å². The molecule has 0 saturated heterocycles. The summed E-state index contributed by atoms with van der Waals surface area (Å²) in [6.45, 7) is 4.31. The van der Waals surface area contributed by atoms with Gasteiger partial charge < -0.3 is 19.8 Å². The number of phenols is 1. The molecule has 1 N–H and O–H groups in total. The standard InChI is InChI=1S/C42H34N5O.Pt/c1-28(2)33-21-24-40(48)42-34(33)20-22-35(44-42)29-18-23-37-39(26-29)47(38-17-11-10-16-36(38)45(37)3)41-25-19-32(27-43-41)46(30-12-6-4-7-13-30)31-14-8-5-9-15-31;/h4-25,27-28,48H,1-3H3;/q-1;. The minimum Gasteiger partial charge on any atom is -0.506 e. The van der Waals surface area contributed by atoms with Crippen molar-refractivity contribution in [2.24, 2.45) is 0 Å². The molecule has 49 heavy (non-hydrogen) atoms. The van der Waals surface area contributed by atoms with Crippen molar-refractivity contribution in [3.05, 3.63) is 151 Å². The molecular formula is C42H34N5OPt-. The van der Waals surface area contributed by atoms with Crippen molar-refractivity contribution in [3.63, 3.8) is 0 Å². The van der Waals surface area contributed by atoms with Crippen LogP contribution < -0.4 is 14.7 Å². The predicted molar refractivity (Wildman–Crippen MR) is 197 cm³/mol. The summed E-state index contributed by atoms with van der Waals surface area (Å²) in [5, 5.41) is 11.7. The Labute approximate surface area is 301 Å². The molecule has 2 aromatic heterocycles. The molecule has 7 heteroatoms. The van der Waals surface area contributed by atoms with E-state index in [1.54, 1.807) is 6.07 Å². The Morgan fingerprint density at radius 1 is 0.673 bits per heavy atom. The Hall–Kier alpha value is -5.45. The van der Waals surface area contributed by atoms with E-state index in [2.05, 4.69) is 114 Å². The van der Waals surface area contributed by atoms with Gasteiger partial charge in [-0.25, -0.2) is 4.98 Å². The molecule has 1 aliphatic rings. The van der Waals surface area contributed by atoms with Crippen molar-refractivity contribution >= 4 is 56.5 Å². The van der Waals surface area contributed by atoms with Crippen LogP contribution >= 0.6 is 0 Å². The maximum atomic E-state index is 10.8. The molecule has 7 aromatic rings. The van der Waals surface area contributed by atoms with E-state index in [4.69, 9.17) is 9.97 Å². The third-order valence-electron chi connectivity index (χ3n) is 8.99. The number of hydrogen-bond donors (Lipinski definition) is 1. The molecule has 0 saturated carbocycles. The number of nitrogens with zero attached hydrogens (tertiary/aromatic N) is 5. The second kappa shape index (κ2) is 13.2. The maximum Gasteiger partial charge on any atom is 0.140 e. The zero-order valence-electron chi connectivity index (χ0n) is 27.4. The normalized spacial score (nSPS) is 12.0. The number of fused-ring (bicyclic) bond motifs is 3. The van der Waals surface area contributed by atoms with Crippen molar-refractivity contribution in [2.45, 2.75) is 19.8 Å². The van der Waals surface area contributed by atoms with Gasteiger partial charge in [0.25, 0.3) is 0 Å². The Morgan fingerprint density at radius 3 is 2.00 bits per heavy atom. The second-order valence-corrected chi connectivity index (χ2v) is 12.3. The first kappa shape index (κ1) is 32.1. The largest absolute Gasteiger partial charge is 0.506 e. The van der Waals surface area contributed by atoms with Crippen LogP contribution in [0.15, 0.2) is 140 Å². The van der Waals surface area contributed by atoms with Gasteiger partial charge in [0.1, 0.15) is 17.1 Å². The Morgan fingerprint density at radius 2 is 1.35 bits per heavy atom. The van der Waals surface area contributed by atoms with E-state index in [9.17, 15) is 5.11 Å². The number of benzene rings is 5. The Balaban J connectivity index is 0.00000378. The molecule has 0 amide bonds. The number of pyridine rings is 2. The fourth-order valence-corrected chi connectivity index (χ4v) is 6.61. The summed E-state index contributed by atoms with van der Waals surface area (Å²) >= 11 is 0. The molecule has 1 aliphatic heterocycles. The summed E-state index contributed by atoms with van der Waals surface area (Å²) < 4.78 is 0. The third kappa shape index (κ3) is 5.72. The summed E-state index contributed by atoms with van der Waals surface area (Å²) in [5.74, 6) is 1.26. The van der Waals surface area contributed by atoms with Crippen molar-refractivity contribution in [2.75, 3.05) is 21.7 Å². The molecule has 6 nitrogen and oxygen atoms in total. The quantitative estimate of drug-likeness (QED) is 0.169. The molecule has 0 fully saturated rings. The van der Waals surface area contributed by atoms with Gasteiger partial charge in [0.15, 0.2) is 0 Å². The van der Waals surface area contributed by atoms with Crippen LogP contribution in [0.4, 0.5) is 45.6 Å². The first-order valence-corrected chi connectivity index (χ1v) is 16.2. The van der Waals surface area contributed by atoms with Crippen LogP contribution in [-0.2, 0) is 21.1 Å². The number of aromatic hydroxyl groups is 1. The first-order chi connectivity index (χ1) is 23.5. The molecule has 0 atom stereocenters. The van der Waals surface area contributed by atoms with E-state index in [1.165, 1.54) is 0 Å². The van der Waals surface area contributed by atoms with Crippen LogP contribution in [0.2, 0.25) is 0 Å². The summed E-state index contributed by atoms with van der Waals surface area (Å²) in [5.41, 5.74) is 10.4. The van der Waals surface area contributed by atoms with Gasteiger partial charge in [0, 0.05) is 44.9 Å². The van der Waals surface area contributed by atoms with Gasteiger partial charge in [0.05, 0.1) is 23.3 Å². The molecule has 0 bridgehead atoms. The van der Waals surface area contributed by atoms with Gasteiger partial charge in [-0.2, -0.15) is 0 Å². The fraction of sp³-hybridized carbons (Fsp3) is 0.0952. The van der Waals surface area contributed by atoms with Gasteiger partial charge in [-0.1, -0.05) is 80.6 Å². The van der Waals surface area contributed by atoms with Crippen LogP contribution in [0.3, 0.4) is 0 Å². The average molecular weight is 820 g/mol. The molecule has 0 radical (unpaired) electrons. The number of aromatic nitrogens is 2. The molecule has 0 aliphatic carbocycles. The van der Waals surface area contributed by atoms with Crippen molar-refractivity contribution in [3.8, 4) is 17.0 Å².